The van der Waals surface area contributed by atoms with Crippen molar-refractivity contribution in [3.8, 4) is 0 Å². The fourth-order valence-corrected chi connectivity index (χ4v) is 2.99. The van der Waals surface area contributed by atoms with Crippen LogP contribution in [0, 0.1) is 12.8 Å². The van der Waals surface area contributed by atoms with Gasteiger partial charge in [0, 0.05) is 38.4 Å². The highest BCUT2D eigenvalue weighted by molar-refractivity contribution is 5.79. The first-order chi connectivity index (χ1) is 11.6. The van der Waals surface area contributed by atoms with Crippen molar-refractivity contribution in [2.75, 3.05) is 39.9 Å². The molecule has 1 saturated heterocycles. The highest BCUT2D eigenvalue weighted by Crippen LogP contribution is 2.12. The fraction of sp³-hybridized carbons (Fsp3) is 0.667. The van der Waals surface area contributed by atoms with Crippen molar-refractivity contribution in [1.29, 1.82) is 0 Å². The van der Waals surface area contributed by atoms with E-state index in [-0.39, 0.29) is 0 Å². The molecule has 1 atom stereocenters. The van der Waals surface area contributed by atoms with Crippen molar-refractivity contribution in [3.05, 3.63) is 29.6 Å². The van der Waals surface area contributed by atoms with Gasteiger partial charge in [0.25, 0.3) is 0 Å². The molecule has 0 saturated carbocycles. The molecule has 0 aromatic carbocycles. The Morgan fingerprint density at radius 1 is 1.29 bits per heavy atom. The van der Waals surface area contributed by atoms with Crippen molar-refractivity contribution in [2.24, 2.45) is 10.9 Å². The Bertz CT molecular complexity index is 526. The third-order valence-corrected chi connectivity index (χ3v) is 4.37. The maximum Gasteiger partial charge on any atom is 0.191 e. The molecule has 0 spiro atoms. The summed E-state index contributed by atoms with van der Waals surface area (Å²) in [5, 5.41) is 6.80. The third kappa shape index (κ3) is 5.76. The number of morpholine rings is 1. The maximum atomic E-state index is 5.47. The molecule has 2 N–H and O–H groups in total. The summed E-state index contributed by atoms with van der Waals surface area (Å²) >= 11 is 0. The SMILES string of the molecule is CN=C(NCc1cccc(C)n1)NCC(C(C)C)N1CCOCC1. The topological polar surface area (TPSA) is 61.8 Å². The van der Waals surface area contributed by atoms with E-state index in [9.17, 15) is 0 Å². The van der Waals surface area contributed by atoms with Crippen LogP contribution in [-0.2, 0) is 11.3 Å². The minimum absolute atomic E-state index is 0.476. The maximum absolute atomic E-state index is 5.47. The smallest absolute Gasteiger partial charge is 0.191 e. The molecule has 1 aromatic heterocycles. The molecule has 0 radical (unpaired) electrons. The van der Waals surface area contributed by atoms with E-state index in [1.54, 1.807) is 7.05 Å². The molecule has 6 nitrogen and oxygen atoms in total. The van der Waals surface area contributed by atoms with Gasteiger partial charge in [-0.1, -0.05) is 19.9 Å². The van der Waals surface area contributed by atoms with Crippen molar-refractivity contribution in [1.82, 2.24) is 20.5 Å². The fourth-order valence-electron chi connectivity index (χ4n) is 2.99. The Morgan fingerprint density at radius 3 is 2.67 bits per heavy atom. The summed E-state index contributed by atoms with van der Waals surface area (Å²) in [6, 6.07) is 6.54. The Kier molecular flexibility index (Phi) is 7.46. The van der Waals surface area contributed by atoms with E-state index >= 15 is 0 Å². The predicted molar refractivity (Wildman–Crippen MR) is 98.2 cm³/mol. The number of ether oxygens (including phenoxy) is 1. The van der Waals surface area contributed by atoms with E-state index in [2.05, 4.69) is 39.4 Å². The van der Waals surface area contributed by atoms with E-state index in [0.717, 1.165) is 50.2 Å². The molecule has 2 rings (SSSR count). The van der Waals surface area contributed by atoms with Crippen LogP contribution >= 0.6 is 0 Å². The zero-order chi connectivity index (χ0) is 17.4. The van der Waals surface area contributed by atoms with Crippen LogP contribution in [0.25, 0.3) is 0 Å². The van der Waals surface area contributed by atoms with Crippen LogP contribution in [0.3, 0.4) is 0 Å². The number of aliphatic imine (C=N–C) groups is 1. The van der Waals surface area contributed by atoms with Gasteiger partial charge in [0.05, 0.1) is 25.5 Å². The van der Waals surface area contributed by atoms with Crippen molar-refractivity contribution < 1.29 is 4.74 Å². The summed E-state index contributed by atoms with van der Waals surface area (Å²) in [6.45, 7) is 11.8. The van der Waals surface area contributed by atoms with E-state index in [1.165, 1.54) is 0 Å². The molecule has 1 aliphatic rings. The number of aryl methyl sites for hydroxylation is 1. The van der Waals surface area contributed by atoms with E-state index in [0.29, 0.717) is 18.5 Å². The van der Waals surface area contributed by atoms with Gasteiger partial charge in [0.2, 0.25) is 0 Å². The molecule has 1 unspecified atom stereocenters. The molecule has 134 valence electrons. The number of hydrogen-bond donors (Lipinski definition) is 2. The molecule has 2 heterocycles. The monoisotopic (exact) mass is 333 g/mol. The van der Waals surface area contributed by atoms with Gasteiger partial charge in [-0.15, -0.1) is 0 Å². The highest BCUT2D eigenvalue weighted by atomic mass is 16.5. The number of nitrogens with zero attached hydrogens (tertiary/aromatic N) is 3. The van der Waals surface area contributed by atoms with Crippen LogP contribution in [0.5, 0.6) is 0 Å². The van der Waals surface area contributed by atoms with Gasteiger partial charge >= 0.3 is 0 Å². The summed E-state index contributed by atoms with van der Waals surface area (Å²) in [7, 11) is 1.80. The second-order valence-electron chi connectivity index (χ2n) is 6.54. The minimum Gasteiger partial charge on any atom is -0.379 e. The lowest BCUT2D eigenvalue weighted by atomic mass is 10.0. The quantitative estimate of drug-likeness (QED) is 0.609. The van der Waals surface area contributed by atoms with Gasteiger partial charge in [-0.3, -0.25) is 14.9 Å². The number of nitrogens with one attached hydrogen (secondary N) is 2. The van der Waals surface area contributed by atoms with Gasteiger partial charge in [-0.05, 0) is 25.0 Å². The molecule has 0 amide bonds. The van der Waals surface area contributed by atoms with E-state index < -0.39 is 0 Å². The molecule has 0 bridgehead atoms. The second kappa shape index (κ2) is 9.59. The van der Waals surface area contributed by atoms with Crippen LogP contribution < -0.4 is 10.6 Å². The third-order valence-electron chi connectivity index (χ3n) is 4.37. The molecular weight excluding hydrogens is 302 g/mol. The molecule has 1 fully saturated rings. The van der Waals surface area contributed by atoms with Gasteiger partial charge in [0.1, 0.15) is 0 Å². The Balaban J connectivity index is 1.84. The first-order valence-corrected chi connectivity index (χ1v) is 8.79. The summed E-state index contributed by atoms with van der Waals surface area (Å²) < 4.78 is 5.47. The lowest BCUT2D eigenvalue weighted by molar-refractivity contribution is 0.00752. The van der Waals surface area contributed by atoms with Crippen molar-refractivity contribution >= 4 is 5.96 Å². The van der Waals surface area contributed by atoms with Crippen molar-refractivity contribution in [2.45, 2.75) is 33.4 Å². The molecule has 1 aliphatic heterocycles. The lowest BCUT2D eigenvalue weighted by Gasteiger charge is -2.37. The van der Waals surface area contributed by atoms with Gasteiger partial charge < -0.3 is 15.4 Å². The minimum atomic E-state index is 0.476. The van der Waals surface area contributed by atoms with Crippen molar-refractivity contribution in [3.63, 3.8) is 0 Å². The molecule has 0 aliphatic carbocycles. The first-order valence-electron chi connectivity index (χ1n) is 8.79. The molecule has 24 heavy (non-hydrogen) atoms. The second-order valence-corrected chi connectivity index (χ2v) is 6.54. The Hall–Kier alpha value is -1.66. The molecule has 6 heteroatoms. The number of guanidine groups is 1. The Morgan fingerprint density at radius 2 is 2.04 bits per heavy atom. The largest absolute Gasteiger partial charge is 0.379 e. The number of rotatable bonds is 6. The van der Waals surface area contributed by atoms with Crippen LogP contribution in [0.15, 0.2) is 23.2 Å². The molecule has 1 aromatic rings. The van der Waals surface area contributed by atoms with Crippen LogP contribution in [0.1, 0.15) is 25.2 Å². The average Bonchev–Trinajstić information content (AvgIpc) is 2.58. The normalized spacial score (nSPS) is 17.8. The lowest BCUT2D eigenvalue weighted by Crippen LogP contribution is -2.52. The number of aromatic nitrogens is 1. The van der Waals surface area contributed by atoms with Gasteiger partial charge in [0.15, 0.2) is 5.96 Å². The zero-order valence-corrected chi connectivity index (χ0v) is 15.4. The summed E-state index contributed by atoms with van der Waals surface area (Å²) in [5.74, 6) is 1.39. The van der Waals surface area contributed by atoms with Crippen LogP contribution in [0.4, 0.5) is 0 Å². The number of hydrogen-bond acceptors (Lipinski definition) is 4. The molecular formula is C18H31N5O. The predicted octanol–water partition coefficient (Wildman–Crippen LogP) is 1.41. The van der Waals surface area contributed by atoms with Crippen LogP contribution in [-0.4, -0.2) is 61.8 Å². The standard InChI is InChI=1S/C18H31N5O/c1-14(2)17(23-8-10-24-11-9-23)13-21-18(19-4)20-12-16-7-5-6-15(3)22-16/h5-7,14,17H,8-13H2,1-4H3,(H2,19,20,21). The summed E-state index contributed by atoms with van der Waals surface area (Å²) in [6.07, 6.45) is 0. The highest BCUT2D eigenvalue weighted by Gasteiger charge is 2.23. The van der Waals surface area contributed by atoms with Crippen LogP contribution in [0.2, 0.25) is 0 Å². The zero-order valence-electron chi connectivity index (χ0n) is 15.4. The summed E-state index contributed by atoms with van der Waals surface area (Å²) in [4.78, 5) is 11.3. The van der Waals surface area contributed by atoms with Gasteiger partial charge in [-0.2, -0.15) is 0 Å². The Labute approximate surface area is 145 Å². The van der Waals surface area contributed by atoms with E-state index in [1.807, 2.05) is 25.1 Å². The van der Waals surface area contributed by atoms with E-state index in [4.69, 9.17) is 4.74 Å². The number of pyridine rings is 1. The summed E-state index contributed by atoms with van der Waals surface area (Å²) in [5.41, 5.74) is 2.05. The van der Waals surface area contributed by atoms with Gasteiger partial charge in [-0.25, -0.2) is 0 Å². The average molecular weight is 333 g/mol. The first kappa shape index (κ1) is 18.7.